The number of hydrogen-bond donors (Lipinski definition) is 0. The number of benzene rings is 11. The molecule has 1 aliphatic carbocycles. The van der Waals surface area contributed by atoms with Gasteiger partial charge in [0.2, 0.25) is 0 Å². The molecule has 11 aromatic rings. The van der Waals surface area contributed by atoms with Gasteiger partial charge in [-0.3, -0.25) is 0 Å². The van der Waals surface area contributed by atoms with Crippen LogP contribution in [-0.2, 0) is 5.41 Å². The Bertz CT molecular complexity index is 3330. The molecule has 12 rings (SSSR count). The summed E-state index contributed by atoms with van der Waals surface area (Å²) in [6.45, 7) is 2.19. The molecule has 0 saturated heterocycles. The topological polar surface area (TPSA) is 6.48 Å². The van der Waals surface area contributed by atoms with E-state index in [4.69, 9.17) is 0 Å². The van der Waals surface area contributed by atoms with E-state index in [2.05, 4.69) is 265 Å². The predicted molar refractivity (Wildman–Crippen MR) is 270 cm³/mol. The van der Waals surface area contributed by atoms with Crippen molar-refractivity contribution in [2.24, 2.45) is 0 Å². The van der Waals surface area contributed by atoms with Gasteiger partial charge in [-0.05, 0) is 123 Å². The minimum Gasteiger partial charge on any atom is -0.310 e. The van der Waals surface area contributed by atoms with Gasteiger partial charge in [-0.15, -0.1) is 0 Å². The molecule has 0 heterocycles. The molecule has 0 spiro atoms. The smallest absolute Gasteiger partial charge is 0.0721 e. The first-order chi connectivity index (χ1) is 31.7. The maximum absolute atomic E-state index is 2.49. The lowest BCUT2D eigenvalue weighted by molar-refractivity contribution is 0.776. The fraction of sp³-hybridized carbons (Fsp3) is 0.0323. The summed E-state index contributed by atoms with van der Waals surface area (Å²) in [7, 11) is 0. The molecule has 2 nitrogen and oxygen atoms in total. The number of rotatable bonds is 8. The molecule has 302 valence electrons. The normalized spacial score (nSPS) is 12.6. The van der Waals surface area contributed by atoms with Gasteiger partial charge in [0.25, 0.3) is 0 Å². The van der Waals surface area contributed by atoms with Crippen LogP contribution >= 0.6 is 0 Å². The lowest BCUT2D eigenvalue weighted by Gasteiger charge is -2.36. The van der Waals surface area contributed by atoms with Crippen LogP contribution in [0.5, 0.6) is 0 Å². The number of aryl methyl sites for hydroxylation is 1. The third-order valence-corrected chi connectivity index (χ3v) is 13.3. The SMILES string of the molecule is Cc1ccc(C2(c3cccc4ccccc34)c3cc(N(c4ccccc4)c4cccc5ccccc45)ccc3-c3ccc(N(c4ccccc4)c4cccc5ccccc45)cc32)cc1. The van der Waals surface area contributed by atoms with Gasteiger partial charge in [-0.2, -0.15) is 0 Å². The van der Waals surface area contributed by atoms with Crippen molar-refractivity contribution in [1.29, 1.82) is 0 Å². The van der Waals surface area contributed by atoms with E-state index in [0.29, 0.717) is 0 Å². The Morgan fingerprint density at radius 2 is 0.703 bits per heavy atom. The van der Waals surface area contributed by atoms with Gasteiger partial charge in [0.05, 0.1) is 16.8 Å². The average molecular weight is 817 g/mol. The van der Waals surface area contributed by atoms with E-state index in [-0.39, 0.29) is 0 Å². The quantitative estimate of drug-likeness (QED) is 0.151. The Kier molecular flexibility index (Phi) is 8.98. The molecule has 64 heavy (non-hydrogen) atoms. The van der Waals surface area contributed by atoms with Gasteiger partial charge < -0.3 is 9.80 Å². The van der Waals surface area contributed by atoms with Crippen molar-refractivity contribution in [1.82, 2.24) is 0 Å². The summed E-state index contributed by atoms with van der Waals surface area (Å²) >= 11 is 0. The highest BCUT2D eigenvalue weighted by Crippen LogP contribution is 2.59. The van der Waals surface area contributed by atoms with Crippen LogP contribution in [0.1, 0.15) is 27.8 Å². The highest BCUT2D eigenvalue weighted by atomic mass is 15.1. The van der Waals surface area contributed by atoms with Gasteiger partial charge in [0, 0.05) is 33.5 Å². The van der Waals surface area contributed by atoms with Gasteiger partial charge in [0.15, 0.2) is 0 Å². The summed E-state index contributed by atoms with van der Waals surface area (Å²) in [5.74, 6) is 0. The predicted octanol–water partition coefficient (Wildman–Crippen LogP) is 16.8. The summed E-state index contributed by atoms with van der Waals surface area (Å²) in [5, 5.41) is 7.29. The second kappa shape index (κ2) is 15.3. The fourth-order valence-corrected chi connectivity index (χ4v) is 10.5. The third-order valence-electron chi connectivity index (χ3n) is 13.3. The Hall–Kier alpha value is -8.20. The Morgan fingerprint density at radius 1 is 0.297 bits per heavy atom. The zero-order valence-corrected chi connectivity index (χ0v) is 35.6. The summed E-state index contributed by atoms with van der Waals surface area (Å²) in [6.07, 6.45) is 0. The summed E-state index contributed by atoms with van der Waals surface area (Å²) in [5.41, 5.74) is 14.7. The van der Waals surface area contributed by atoms with Crippen molar-refractivity contribution in [3.8, 4) is 11.1 Å². The summed E-state index contributed by atoms with van der Waals surface area (Å²) in [4.78, 5) is 4.88. The Balaban J connectivity index is 1.19. The van der Waals surface area contributed by atoms with Crippen LogP contribution in [0.2, 0.25) is 0 Å². The molecule has 0 aromatic heterocycles. The molecule has 0 fully saturated rings. The van der Waals surface area contributed by atoms with Crippen molar-refractivity contribution in [3.05, 3.63) is 277 Å². The molecule has 0 bridgehead atoms. The van der Waals surface area contributed by atoms with E-state index in [1.165, 1.54) is 71.3 Å². The molecule has 1 aliphatic rings. The fourth-order valence-electron chi connectivity index (χ4n) is 10.5. The third kappa shape index (κ3) is 5.95. The molecular formula is C62H44N2. The second-order valence-corrected chi connectivity index (χ2v) is 16.9. The minimum atomic E-state index is -0.701. The van der Waals surface area contributed by atoms with E-state index < -0.39 is 5.41 Å². The van der Waals surface area contributed by atoms with Gasteiger partial charge in [-0.25, -0.2) is 0 Å². The number of fused-ring (bicyclic) bond motifs is 6. The first-order valence-corrected chi connectivity index (χ1v) is 22.2. The molecule has 0 atom stereocenters. The van der Waals surface area contributed by atoms with Crippen LogP contribution in [-0.4, -0.2) is 0 Å². The molecule has 0 unspecified atom stereocenters. The lowest BCUT2D eigenvalue weighted by Crippen LogP contribution is -2.29. The van der Waals surface area contributed by atoms with Crippen molar-refractivity contribution in [2.45, 2.75) is 12.3 Å². The Morgan fingerprint density at radius 3 is 1.20 bits per heavy atom. The van der Waals surface area contributed by atoms with Crippen molar-refractivity contribution < 1.29 is 0 Å². The molecule has 2 heteroatoms. The van der Waals surface area contributed by atoms with Gasteiger partial charge in [0.1, 0.15) is 0 Å². The van der Waals surface area contributed by atoms with Crippen LogP contribution in [0, 0.1) is 6.92 Å². The standard InChI is InChI=1S/C62H44N2/c1-43-33-35-47(36-34-43)62(57-30-14-20-44-17-8-11-27-52(44)57)58-41-50(63(48-23-4-2-5-24-48)60-31-15-21-45-18-9-12-28-53(45)60)37-39-55(58)56-40-38-51(42-59(56)62)64(49-25-6-3-7-26-49)61-32-16-22-46-19-10-13-29-54(46)61/h2-42H,1H3. The van der Waals surface area contributed by atoms with Crippen LogP contribution in [0.25, 0.3) is 43.4 Å². The second-order valence-electron chi connectivity index (χ2n) is 16.9. The molecule has 0 radical (unpaired) electrons. The first-order valence-electron chi connectivity index (χ1n) is 22.2. The van der Waals surface area contributed by atoms with E-state index in [1.807, 2.05) is 0 Å². The molecule has 0 amide bonds. The zero-order chi connectivity index (χ0) is 42.6. The molecule has 0 N–H and O–H groups in total. The monoisotopic (exact) mass is 816 g/mol. The zero-order valence-electron chi connectivity index (χ0n) is 35.6. The van der Waals surface area contributed by atoms with E-state index >= 15 is 0 Å². The van der Waals surface area contributed by atoms with Crippen molar-refractivity contribution in [3.63, 3.8) is 0 Å². The molecular weight excluding hydrogens is 773 g/mol. The number of nitrogens with zero attached hydrogens (tertiary/aromatic N) is 2. The maximum Gasteiger partial charge on any atom is 0.0721 e. The Labute approximate surface area is 374 Å². The van der Waals surface area contributed by atoms with Crippen LogP contribution < -0.4 is 9.80 Å². The van der Waals surface area contributed by atoms with Gasteiger partial charge in [-0.1, -0.05) is 194 Å². The van der Waals surface area contributed by atoms with E-state index in [1.54, 1.807) is 0 Å². The minimum absolute atomic E-state index is 0.701. The van der Waals surface area contributed by atoms with Crippen molar-refractivity contribution >= 4 is 66.4 Å². The average Bonchev–Trinajstić information content (AvgIpc) is 3.64. The number of hydrogen-bond acceptors (Lipinski definition) is 2. The van der Waals surface area contributed by atoms with Crippen LogP contribution in [0.15, 0.2) is 249 Å². The molecule has 0 aliphatic heterocycles. The molecule has 0 saturated carbocycles. The van der Waals surface area contributed by atoms with Gasteiger partial charge >= 0.3 is 0 Å². The highest BCUT2D eigenvalue weighted by molar-refractivity contribution is 6.02. The number of anilines is 6. The molecule has 11 aromatic carbocycles. The highest BCUT2D eigenvalue weighted by Gasteiger charge is 2.48. The van der Waals surface area contributed by atoms with Crippen LogP contribution in [0.4, 0.5) is 34.1 Å². The number of para-hydroxylation sites is 2. The first kappa shape index (κ1) is 37.6. The maximum atomic E-state index is 2.49. The lowest BCUT2D eigenvalue weighted by atomic mass is 9.66. The summed E-state index contributed by atoms with van der Waals surface area (Å²) < 4.78 is 0. The largest absolute Gasteiger partial charge is 0.310 e. The van der Waals surface area contributed by atoms with Crippen molar-refractivity contribution in [2.75, 3.05) is 9.80 Å². The van der Waals surface area contributed by atoms with Crippen LogP contribution in [0.3, 0.4) is 0 Å². The van der Waals surface area contributed by atoms with E-state index in [0.717, 1.165) is 34.1 Å². The summed E-state index contributed by atoms with van der Waals surface area (Å²) in [6, 6.07) is 91.8. The van der Waals surface area contributed by atoms with E-state index in [9.17, 15) is 0 Å².